The molecular weight excluding hydrogens is 454 g/mol. The van der Waals surface area contributed by atoms with Gasteiger partial charge in [-0.3, -0.25) is 9.79 Å². The molecule has 1 unspecified atom stereocenters. The van der Waals surface area contributed by atoms with Crippen molar-refractivity contribution in [3.05, 3.63) is 58.2 Å². The highest BCUT2D eigenvalue weighted by Crippen LogP contribution is 2.26. The highest BCUT2D eigenvalue weighted by Gasteiger charge is 2.20. The number of rotatable bonds is 8. The van der Waals surface area contributed by atoms with Crippen molar-refractivity contribution in [2.45, 2.75) is 118 Å². The highest BCUT2D eigenvalue weighted by molar-refractivity contribution is 5.73. The summed E-state index contributed by atoms with van der Waals surface area (Å²) in [5.41, 5.74) is 3.91. The van der Waals surface area contributed by atoms with Crippen molar-refractivity contribution in [2.75, 3.05) is 0 Å². The summed E-state index contributed by atoms with van der Waals surface area (Å²) in [4.78, 5) is 17.9. The third kappa shape index (κ3) is 13.0. The van der Waals surface area contributed by atoms with E-state index in [0.29, 0.717) is 6.04 Å². The molecule has 1 aromatic carbocycles. The van der Waals surface area contributed by atoms with Crippen LogP contribution in [0.4, 0.5) is 0 Å². The number of carbonyl (C=O) groups excluding carboxylic acids is 1. The Morgan fingerprint density at radius 2 is 1.89 bits per heavy atom. The maximum Gasteiger partial charge on any atom is 0.217 e. The maximum atomic E-state index is 10.8. The Kier molecular flexibility index (Phi) is 16.3. The number of carbonyl (C=O) groups is 1. The number of nitrogens with one attached hydrogen (secondary N) is 2. The van der Waals surface area contributed by atoms with E-state index in [1.807, 2.05) is 26.1 Å². The van der Waals surface area contributed by atoms with Gasteiger partial charge in [-0.25, -0.2) is 0 Å². The molecule has 206 valence electrons. The fourth-order valence-corrected chi connectivity index (χ4v) is 5.06. The van der Waals surface area contributed by atoms with E-state index in [4.69, 9.17) is 0 Å². The molecule has 2 aromatic rings. The summed E-state index contributed by atoms with van der Waals surface area (Å²) in [5.74, 6) is 1.60. The number of aliphatic imine (C=N–C) groups is 1. The molecule has 3 rings (SSSR count). The molecule has 0 saturated heterocycles. The molecule has 1 aliphatic rings. The summed E-state index contributed by atoms with van der Waals surface area (Å²) in [7, 11) is 0. The van der Waals surface area contributed by atoms with Crippen molar-refractivity contribution >= 4 is 24.4 Å². The minimum absolute atomic E-state index is 0.105. The first-order valence-corrected chi connectivity index (χ1v) is 14.4. The van der Waals surface area contributed by atoms with Crippen LogP contribution in [0.25, 0.3) is 12.3 Å². The quantitative estimate of drug-likeness (QED) is 0.359. The molecule has 1 aliphatic carbocycles. The van der Waals surface area contributed by atoms with Crippen LogP contribution < -0.4 is 15.9 Å². The van der Waals surface area contributed by atoms with E-state index >= 15 is 0 Å². The number of aryl methyl sites for hydroxylation is 1. The number of aromatic nitrogens is 1. The van der Waals surface area contributed by atoms with Crippen molar-refractivity contribution in [1.82, 2.24) is 10.3 Å². The molecule has 4 nitrogen and oxygen atoms in total. The third-order valence-corrected chi connectivity index (χ3v) is 7.25. The van der Waals surface area contributed by atoms with Gasteiger partial charge >= 0.3 is 0 Å². The summed E-state index contributed by atoms with van der Waals surface area (Å²) in [6.07, 6.45) is 15.6. The van der Waals surface area contributed by atoms with Gasteiger partial charge in [-0.15, -0.1) is 0 Å². The fourth-order valence-electron chi connectivity index (χ4n) is 5.06. The Morgan fingerprint density at radius 3 is 2.41 bits per heavy atom. The Morgan fingerprint density at radius 1 is 1.19 bits per heavy atom. The first-order valence-electron chi connectivity index (χ1n) is 14.4. The van der Waals surface area contributed by atoms with Crippen LogP contribution >= 0.6 is 0 Å². The number of benzene rings is 1. The summed E-state index contributed by atoms with van der Waals surface area (Å²) in [6, 6.07) is 11.3. The van der Waals surface area contributed by atoms with E-state index in [9.17, 15) is 4.79 Å². The molecule has 0 radical (unpaired) electrons. The van der Waals surface area contributed by atoms with Gasteiger partial charge in [0.15, 0.2) is 0 Å². The zero-order chi connectivity index (χ0) is 27.6. The van der Waals surface area contributed by atoms with Gasteiger partial charge in [0.1, 0.15) is 0 Å². The molecule has 4 heteroatoms. The topological polar surface area (TPSA) is 57.2 Å². The van der Waals surface area contributed by atoms with Gasteiger partial charge in [-0.1, -0.05) is 82.4 Å². The predicted octanol–water partition coefficient (Wildman–Crippen LogP) is 7.41. The second-order valence-corrected chi connectivity index (χ2v) is 10.4. The number of hydrogen-bond donors (Lipinski definition) is 2. The molecule has 1 aromatic heterocycles. The lowest BCUT2D eigenvalue weighted by atomic mass is 9.84. The number of hydrogen-bond acceptors (Lipinski definition) is 2. The highest BCUT2D eigenvalue weighted by atomic mass is 16.1. The van der Waals surface area contributed by atoms with Crippen LogP contribution in [0.3, 0.4) is 0 Å². The zero-order valence-electron chi connectivity index (χ0n) is 24.7. The third-order valence-electron chi connectivity index (χ3n) is 7.25. The SMILES string of the molecule is C=c1[nH]cc/c1=C(\C)N=CC.CC(=O)N[C@@H](C)C1CCCCC1.CCCCC(CC)c1cccc(C)c1. The van der Waals surface area contributed by atoms with Crippen molar-refractivity contribution in [2.24, 2.45) is 10.9 Å². The lowest BCUT2D eigenvalue weighted by molar-refractivity contribution is -0.120. The van der Waals surface area contributed by atoms with E-state index in [1.54, 1.807) is 13.1 Å². The summed E-state index contributed by atoms with van der Waals surface area (Å²) >= 11 is 0. The molecule has 1 fully saturated rings. The molecule has 0 aliphatic heterocycles. The van der Waals surface area contributed by atoms with Crippen molar-refractivity contribution in [3.63, 3.8) is 0 Å². The van der Waals surface area contributed by atoms with Crippen LogP contribution in [0, 0.1) is 12.8 Å². The normalized spacial score (nSPS) is 16.1. The minimum Gasteiger partial charge on any atom is -0.362 e. The van der Waals surface area contributed by atoms with E-state index in [1.165, 1.54) is 68.9 Å². The average Bonchev–Trinajstić information content (AvgIpc) is 3.32. The van der Waals surface area contributed by atoms with Gasteiger partial charge in [0.2, 0.25) is 5.91 Å². The van der Waals surface area contributed by atoms with Gasteiger partial charge in [-0.05, 0) is 76.8 Å². The Hall–Kier alpha value is -2.62. The lowest BCUT2D eigenvalue weighted by Gasteiger charge is -2.27. The zero-order valence-corrected chi connectivity index (χ0v) is 24.7. The Balaban J connectivity index is 0.000000280. The Labute approximate surface area is 226 Å². The predicted molar refractivity (Wildman–Crippen MR) is 162 cm³/mol. The van der Waals surface area contributed by atoms with Gasteiger partial charge in [0, 0.05) is 41.6 Å². The molecular formula is C33H53N3O. The van der Waals surface area contributed by atoms with Crippen molar-refractivity contribution in [1.29, 1.82) is 0 Å². The molecule has 2 atom stereocenters. The van der Waals surface area contributed by atoms with Crippen molar-refractivity contribution in [3.8, 4) is 0 Å². The minimum atomic E-state index is 0.105. The summed E-state index contributed by atoms with van der Waals surface area (Å²) in [6.45, 7) is 18.2. The van der Waals surface area contributed by atoms with Gasteiger partial charge < -0.3 is 10.3 Å². The van der Waals surface area contributed by atoms with Gasteiger partial charge in [0.25, 0.3) is 0 Å². The first kappa shape index (κ1) is 32.4. The second-order valence-electron chi connectivity index (χ2n) is 10.4. The van der Waals surface area contributed by atoms with Crippen molar-refractivity contribution < 1.29 is 4.79 Å². The first-order chi connectivity index (χ1) is 17.7. The van der Waals surface area contributed by atoms with E-state index in [-0.39, 0.29) is 5.91 Å². The molecule has 0 spiro atoms. The van der Waals surface area contributed by atoms with Crippen LogP contribution in [0.15, 0.2) is 41.5 Å². The molecule has 0 bridgehead atoms. The number of nitrogens with zero attached hydrogens (tertiary/aromatic N) is 1. The number of H-pyrrole nitrogens is 1. The fraction of sp³-hybridized carbons (Fsp3) is 0.576. The van der Waals surface area contributed by atoms with E-state index < -0.39 is 0 Å². The molecule has 1 saturated carbocycles. The van der Waals surface area contributed by atoms with E-state index in [0.717, 1.165) is 28.1 Å². The van der Waals surface area contributed by atoms with E-state index in [2.05, 4.69) is 73.8 Å². The standard InChI is InChI=1S/C14H22.C10H19NO.C9H12N2/c1-4-6-9-13(5-2)14-10-7-8-12(3)11-14;1-8(11-9(2)12)10-6-4-3-5-7-10;1-4-10-7(2)9-5-6-11-8(9)3/h7-8,10-11,13H,4-6,9H2,1-3H3;8,10H,3-7H2,1-2H3,(H,11,12);4-6,11H,3H2,1-2H3/b;;9-7-,10-4?/t;8-;/m.0./s1. The van der Waals surface area contributed by atoms with Crippen LogP contribution in [0.1, 0.15) is 116 Å². The maximum absolute atomic E-state index is 10.8. The average molecular weight is 508 g/mol. The summed E-state index contributed by atoms with van der Waals surface area (Å²) in [5, 5.41) is 4.98. The number of unbranched alkanes of at least 4 members (excludes halogenated alkanes) is 1. The van der Waals surface area contributed by atoms with Crippen LogP contribution in [0.2, 0.25) is 0 Å². The Bertz CT molecular complexity index is 1030. The van der Waals surface area contributed by atoms with Crippen LogP contribution in [-0.4, -0.2) is 23.1 Å². The smallest absolute Gasteiger partial charge is 0.217 e. The molecule has 1 amide bonds. The van der Waals surface area contributed by atoms with Crippen LogP contribution in [0.5, 0.6) is 0 Å². The molecule has 2 N–H and O–H groups in total. The number of amides is 1. The van der Waals surface area contributed by atoms with Gasteiger partial charge in [-0.2, -0.15) is 0 Å². The summed E-state index contributed by atoms with van der Waals surface area (Å²) < 4.78 is 0. The van der Waals surface area contributed by atoms with Gasteiger partial charge in [0.05, 0.1) is 0 Å². The monoisotopic (exact) mass is 507 g/mol. The number of aromatic amines is 1. The second kappa shape index (κ2) is 18.6. The molecule has 37 heavy (non-hydrogen) atoms. The molecule has 1 heterocycles. The van der Waals surface area contributed by atoms with Crippen LogP contribution in [-0.2, 0) is 4.79 Å². The largest absolute Gasteiger partial charge is 0.362 e. The lowest BCUT2D eigenvalue weighted by Crippen LogP contribution is -2.37.